The van der Waals surface area contributed by atoms with Gasteiger partial charge in [-0.15, -0.1) is 0 Å². The minimum Gasteiger partial charge on any atom is -0.466 e. The number of aliphatic hydroxyl groups excluding tert-OH is 5. The molecule has 0 aliphatic carbocycles. The predicted octanol–water partition coefficient (Wildman–Crippen LogP) is 15.5. The summed E-state index contributed by atoms with van der Waals surface area (Å²) in [6.07, 6.45) is 54.8. The largest absolute Gasteiger partial charge is 0.466 e. The zero-order chi connectivity index (χ0) is 54.5. The van der Waals surface area contributed by atoms with Crippen LogP contribution in [-0.2, 0) is 23.8 Å². The summed E-state index contributed by atoms with van der Waals surface area (Å²) in [6, 6.07) is -0.808. The molecule has 0 aromatic rings. The summed E-state index contributed by atoms with van der Waals surface area (Å²) in [7, 11) is 0. The number of esters is 1. The molecule has 6 N–H and O–H groups in total. The van der Waals surface area contributed by atoms with Crippen LogP contribution in [0.1, 0.15) is 322 Å². The Bertz CT molecular complexity index is 1250. The number of carbonyl (C=O) groups is 2. The summed E-state index contributed by atoms with van der Waals surface area (Å²) in [5.41, 5.74) is 0. The maximum atomic E-state index is 13.0. The number of amides is 1. The lowest BCUT2D eigenvalue weighted by atomic mass is 9.99. The maximum Gasteiger partial charge on any atom is 0.305 e. The predicted molar refractivity (Wildman–Crippen MR) is 311 cm³/mol. The highest BCUT2D eigenvalue weighted by molar-refractivity contribution is 5.76. The van der Waals surface area contributed by atoms with Gasteiger partial charge in [0.2, 0.25) is 5.91 Å². The summed E-state index contributed by atoms with van der Waals surface area (Å²) < 4.78 is 16.7. The monoisotopic (exact) mass is 1070 g/mol. The van der Waals surface area contributed by atoms with Crippen LogP contribution in [0.5, 0.6) is 0 Å². The van der Waals surface area contributed by atoms with Crippen molar-refractivity contribution in [2.24, 2.45) is 0 Å². The van der Waals surface area contributed by atoms with Crippen molar-refractivity contribution in [3.63, 3.8) is 0 Å². The van der Waals surface area contributed by atoms with E-state index in [0.29, 0.717) is 19.4 Å². The molecule has 1 rings (SSSR count). The zero-order valence-corrected chi connectivity index (χ0v) is 49.0. The van der Waals surface area contributed by atoms with Gasteiger partial charge in [-0.2, -0.15) is 0 Å². The Hall–Kier alpha value is -1.60. The molecule has 1 saturated heterocycles. The first-order valence-electron chi connectivity index (χ1n) is 32.5. The lowest BCUT2D eigenvalue weighted by molar-refractivity contribution is -0.302. The number of aliphatic hydroxyl groups is 5. The van der Waals surface area contributed by atoms with Gasteiger partial charge in [-0.3, -0.25) is 9.59 Å². The van der Waals surface area contributed by atoms with Crippen LogP contribution in [0.4, 0.5) is 0 Å². The van der Waals surface area contributed by atoms with Crippen molar-refractivity contribution in [2.45, 2.75) is 365 Å². The second kappa shape index (κ2) is 54.4. The molecule has 0 aromatic carbocycles. The first kappa shape index (κ1) is 71.4. The molecule has 444 valence electrons. The fourth-order valence-corrected chi connectivity index (χ4v) is 10.5. The number of unbranched alkanes of at least 4 members (excludes halogenated alkanes) is 43. The molecule has 1 fully saturated rings. The van der Waals surface area contributed by atoms with Crippen molar-refractivity contribution < 1.29 is 49.3 Å². The number of ether oxygens (including phenoxy) is 3. The van der Waals surface area contributed by atoms with E-state index in [2.05, 4.69) is 19.2 Å². The molecule has 1 aliphatic rings. The Balaban J connectivity index is 1.95. The van der Waals surface area contributed by atoms with Gasteiger partial charge in [0.05, 0.1) is 32.0 Å². The van der Waals surface area contributed by atoms with E-state index in [-0.39, 0.29) is 18.5 Å². The van der Waals surface area contributed by atoms with E-state index in [1.165, 1.54) is 238 Å². The fourth-order valence-electron chi connectivity index (χ4n) is 10.5. The first-order valence-corrected chi connectivity index (χ1v) is 32.5. The van der Waals surface area contributed by atoms with Gasteiger partial charge in [-0.05, 0) is 32.1 Å². The van der Waals surface area contributed by atoms with Gasteiger partial charge >= 0.3 is 5.97 Å². The number of rotatable bonds is 57. The quantitative estimate of drug-likeness (QED) is 0.0195. The van der Waals surface area contributed by atoms with E-state index in [0.717, 1.165) is 57.8 Å². The van der Waals surface area contributed by atoms with Gasteiger partial charge in [0.25, 0.3) is 0 Å². The van der Waals surface area contributed by atoms with Crippen molar-refractivity contribution in [3.8, 4) is 0 Å². The van der Waals surface area contributed by atoms with Crippen molar-refractivity contribution >= 4 is 11.9 Å². The highest BCUT2D eigenvalue weighted by Crippen LogP contribution is 2.23. The molecule has 1 aliphatic heterocycles. The first-order chi connectivity index (χ1) is 36.7. The maximum absolute atomic E-state index is 13.0. The van der Waals surface area contributed by atoms with Crippen molar-refractivity contribution in [2.75, 3.05) is 19.8 Å². The number of nitrogens with one attached hydrogen (secondary N) is 1. The molecule has 0 bridgehead atoms. The lowest BCUT2D eigenvalue weighted by Gasteiger charge is -2.40. The summed E-state index contributed by atoms with van der Waals surface area (Å²) in [4.78, 5) is 25.1. The lowest BCUT2D eigenvalue weighted by Crippen LogP contribution is -2.60. The van der Waals surface area contributed by atoms with Crippen LogP contribution in [-0.4, -0.2) is 100 Å². The summed E-state index contributed by atoms with van der Waals surface area (Å²) in [5, 5.41) is 54.2. The molecule has 1 amide bonds. The van der Waals surface area contributed by atoms with Crippen LogP contribution in [0.3, 0.4) is 0 Å². The molecule has 0 radical (unpaired) electrons. The van der Waals surface area contributed by atoms with Crippen molar-refractivity contribution in [1.29, 1.82) is 0 Å². The highest BCUT2D eigenvalue weighted by Gasteiger charge is 2.44. The molecule has 11 heteroatoms. The summed E-state index contributed by atoms with van der Waals surface area (Å²) in [5.74, 6) is -0.180. The molecule has 7 atom stereocenters. The van der Waals surface area contributed by atoms with E-state index >= 15 is 0 Å². The molecule has 75 heavy (non-hydrogen) atoms. The minimum atomic E-state index is -1.57. The normalized spacial score (nSPS) is 18.7. The molecule has 0 saturated carbocycles. The molecular formula is C64H123NO10. The Morgan fingerprint density at radius 3 is 1.24 bits per heavy atom. The second-order valence-electron chi connectivity index (χ2n) is 22.8. The third-order valence-corrected chi connectivity index (χ3v) is 15.7. The minimum absolute atomic E-state index is 0.00338. The van der Waals surface area contributed by atoms with Crippen LogP contribution in [0.15, 0.2) is 12.2 Å². The van der Waals surface area contributed by atoms with Crippen LogP contribution >= 0.6 is 0 Å². The summed E-state index contributed by atoms with van der Waals surface area (Å²) in [6.45, 7) is 4.34. The average Bonchev–Trinajstić information content (AvgIpc) is 3.41. The topological polar surface area (TPSA) is 175 Å². The standard InChI is InChI=1S/C64H123NO10/c1-3-5-7-9-11-13-14-15-16-22-26-29-32-36-40-44-48-52-60(69)73-53-49-45-41-37-33-30-27-24-21-19-17-18-20-23-25-28-31-35-39-43-47-51-59(68)65-56(57(67)50-46-42-38-34-12-10-8-6-4-2)55-74-64-63(72)62(71)61(70)58(54-66)75-64/h46,50,56-58,61-64,66-67,70-72H,3-45,47-49,51-55H2,1-2H3,(H,65,68)/b50-46+. The molecule has 11 nitrogen and oxygen atoms in total. The van der Waals surface area contributed by atoms with Gasteiger partial charge in [0.15, 0.2) is 6.29 Å². The second-order valence-corrected chi connectivity index (χ2v) is 22.8. The van der Waals surface area contributed by atoms with Gasteiger partial charge in [0, 0.05) is 12.8 Å². The van der Waals surface area contributed by atoms with Crippen LogP contribution < -0.4 is 5.32 Å². The Morgan fingerprint density at radius 1 is 0.480 bits per heavy atom. The van der Waals surface area contributed by atoms with Gasteiger partial charge in [-0.25, -0.2) is 0 Å². The summed E-state index contributed by atoms with van der Waals surface area (Å²) >= 11 is 0. The SMILES string of the molecule is CCCCCCCCC/C=C/C(O)C(COC1OC(CO)C(O)C(O)C1O)NC(=O)CCCCCCCCCCCCCCCCCCCCCCCOC(=O)CCCCCCCCCCCCCCCCCCC. The fraction of sp³-hybridized carbons (Fsp3) is 0.938. The van der Waals surface area contributed by atoms with E-state index in [4.69, 9.17) is 14.2 Å². The Kier molecular flexibility index (Phi) is 51.8. The van der Waals surface area contributed by atoms with Gasteiger partial charge in [-0.1, -0.05) is 289 Å². The van der Waals surface area contributed by atoms with Crippen molar-refractivity contribution in [1.82, 2.24) is 5.32 Å². The van der Waals surface area contributed by atoms with Crippen LogP contribution in [0.2, 0.25) is 0 Å². The molecule has 7 unspecified atom stereocenters. The van der Waals surface area contributed by atoms with E-state index < -0.39 is 49.5 Å². The number of carbonyl (C=O) groups excluding carboxylic acids is 2. The Labute approximate surface area is 461 Å². The van der Waals surface area contributed by atoms with Crippen molar-refractivity contribution in [3.05, 3.63) is 12.2 Å². The van der Waals surface area contributed by atoms with E-state index in [9.17, 15) is 35.1 Å². The third-order valence-electron chi connectivity index (χ3n) is 15.7. The smallest absolute Gasteiger partial charge is 0.305 e. The molecule has 0 spiro atoms. The van der Waals surface area contributed by atoms with E-state index in [1.807, 2.05) is 6.08 Å². The average molecular weight is 1070 g/mol. The van der Waals surface area contributed by atoms with E-state index in [1.54, 1.807) is 6.08 Å². The highest BCUT2D eigenvalue weighted by atomic mass is 16.7. The van der Waals surface area contributed by atoms with Crippen LogP contribution in [0, 0.1) is 0 Å². The number of allylic oxidation sites excluding steroid dienone is 1. The Morgan fingerprint density at radius 2 is 0.840 bits per heavy atom. The number of hydrogen-bond acceptors (Lipinski definition) is 10. The van der Waals surface area contributed by atoms with Gasteiger partial charge in [0.1, 0.15) is 24.4 Å². The molecule has 0 aromatic heterocycles. The molecular weight excluding hydrogens is 943 g/mol. The third kappa shape index (κ3) is 43.9. The van der Waals surface area contributed by atoms with Gasteiger partial charge < -0.3 is 45.1 Å². The van der Waals surface area contributed by atoms with Crippen LogP contribution in [0.25, 0.3) is 0 Å². The molecule has 1 heterocycles. The number of hydrogen-bond donors (Lipinski definition) is 6. The zero-order valence-electron chi connectivity index (χ0n) is 49.0.